The molecule has 0 fully saturated rings. The fourth-order valence-electron chi connectivity index (χ4n) is 1.85. The van der Waals surface area contributed by atoms with E-state index in [-0.39, 0.29) is 0 Å². The van der Waals surface area contributed by atoms with E-state index in [0.29, 0.717) is 5.75 Å². The van der Waals surface area contributed by atoms with Gasteiger partial charge in [-0.05, 0) is 52.9 Å². The third kappa shape index (κ3) is 3.24. The Labute approximate surface area is 130 Å². The van der Waals surface area contributed by atoms with E-state index in [1.54, 1.807) is 12.5 Å². The highest BCUT2D eigenvalue weighted by Gasteiger charge is 2.20. The van der Waals surface area contributed by atoms with Crippen LogP contribution >= 0.6 is 27.7 Å². The lowest BCUT2D eigenvalue weighted by Crippen LogP contribution is -2.24. The van der Waals surface area contributed by atoms with Crippen molar-refractivity contribution >= 4 is 44.6 Å². The number of esters is 1. The zero-order valence-electron chi connectivity index (χ0n) is 11.3. The summed E-state index contributed by atoms with van der Waals surface area (Å²) >= 11 is 4.69. The average molecular weight is 356 g/mol. The molecule has 4 nitrogen and oxygen atoms in total. The lowest BCUT2D eigenvalue weighted by molar-refractivity contribution is -0.144. The zero-order chi connectivity index (χ0) is 14.7. The van der Waals surface area contributed by atoms with Gasteiger partial charge < -0.3 is 9.47 Å². The summed E-state index contributed by atoms with van der Waals surface area (Å²) in [6.07, 6.45) is 3.56. The Morgan fingerprint density at radius 1 is 1.40 bits per heavy atom. The number of halogens is 1. The van der Waals surface area contributed by atoms with E-state index in [0.717, 1.165) is 20.9 Å². The smallest absolute Gasteiger partial charge is 0.357 e. The van der Waals surface area contributed by atoms with E-state index in [9.17, 15) is 4.79 Å². The van der Waals surface area contributed by atoms with Gasteiger partial charge in [0.15, 0.2) is 0 Å². The van der Waals surface area contributed by atoms with Gasteiger partial charge in [-0.3, -0.25) is 4.98 Å². The second-order valence-corrected chi connectivity index (χ2v) is 5.99. The Kier molecular flexibility index (Phi) is 4.88. The topological polar surface area (TPSA) is 48.4 Å². The highest BCUT2D eigenvalue weighted by Crippen LogP contribution is 2.27. The third-order valence-electron chi connectivity index (χ3n) is 2.76. The van der Waals surface area contributed by atoms with Gasteiger partial charge in [-0.25, -0.2) is 4.79 Å². The molecule has 1 aromatic carbocycles. The highest BCUT2D eigenvalue weighted by atomic mass is 79.9. The maximum atomic E-state index is 11.6. The number of nitrogens with zero attached hydrogens (tertiary/aromatic N) is 1. The number of aromatic nitrogens is 1. The number of aryl methyl sites for hydroxylation is 1. The lowest BCUT2D eigenvalue weighted by atomic mass is 10.1. The first-order chi connectivity index (χ1) is 9.55. The molecule has 0 radical (unpaired) electrons. The van der Waals surface area contributed by atoms with Crippen LogP contribution in [0.2, 0.25) is 0 Å². The Hall–Kier alpha value is -1.27. The Balaban J connectivity index is 2.37. The predicted molar refractivity (Wildman–Crippen MR) is 84.1 cm³/mol. The number of rotatable bonds is 4. The van der Waals surface area contributed by atoms with Crippen molar-refractivity contribution in [2.75, 3.05) is 13.4 Å². The van der Waals surface area contributed by atoms with Gasteiger partial charge in [-0.1, -0.05) is 0 Å². The number of hydrogen-bond acceptors (Lipinski definition) is 5. The van der Waals surface area contributed by atoms with Gasteiger partial charge in [-0.15, -0.1) is 11.8 Å². The molecule has 2 aromatic rings. The summed E-state index contributed by atoms with van der Waals surface area (Å²) < 4.78 is 11.3. The summed E-state index contributed by atoms with van der Waals surface area (Å²) in [7, 11) is 1.35. The van der Waals surface area contributed by atoms with Gasteiger partial charge in [0, 0.05) is 16.1 Å². The van der Waals surface area contributed by atoms with Crippen LogP contribution < -0.4 is 4.74 Å². The summed E-state index contributed by atoms with van der Waals surface area (Å²) in [5, 5.41) is 0.957. The minimum atomic E-state index is -0.669. The number of carbonyl (C=O) groups is 1. The number of carbonyl (C=O) groups excluding carboxylic acids is 1. The van der Waals surface area contributed by atoms with Crippen LogP contribution in [-0.4, -0.2) is 29.8 Å². The van der Waals surface area contributed by atoms with Crippen LogP contribution in [0.15, 0.2) is 28.9 Å². The van der Waals surface area contributed by atoms with E-state index >= 15 is 0 Å². The molecule has 0 saturated carbocycles. The van der Waals surface area contributed by atoms with Crippen molar-refractivity contribution in [2.45, 2.75) is 12.4 Å². The van der Waals surface area contributed by atoms with E-state index < -0.39 is 11.4 Å². The summed E-state index contributed by atoms with van der Waals surface area (Å²) in [5.74, 6) is 0.224. The minimum Gasteiger partial charge on any atom is -0.468 e. The average Bonchev–Trinajstić information content (AvgIpc) is 2.43. The fourth-order valence-corrected chi connectivity index (χ4v) is 2.70. The molecule has 0 aliphatic heterocycles. The molecule has 1 heterocycles. The standard InChI is InChI=1S/C14H14BrNO3S/c1-8-4-11(19-14(20-3)13(17)18-2)6-9-5-10(15)7-16-12(8)9/h4-7,14H,1-3H3. The van der Waals surface area contributed by atoms with Crippen LogP contribution in [0.4, 0.5) is 0 Å². The number of benzene rings is 1. The Bertz CT molecular complexity index is 648. The fraction of sp³-hybridized carbons (Fsp3) is 0.286. The molecule has 1 aromatic heterocycles. The maximum Gasteiger partial charge on any atom is 0.357 e. The van der Waals surface area contributed by atoms with Crippen molar-refractivity contribution in [3.63, 3.8) is 0 Å². The largest absolute Gasteiger partial charge is 0.468 e. The predicted octanol–water partition coefficient (Wildman–Crippen LogP) is 3.55. The molecule has 1 atom stereocenters. The first-order valence-electron chi connectivity index (χ1n) is 5.88. The molecular formula is C14H14BrNO3S. The molecule has 1 unspecified atom stereocenters. The first kappa shape index (κ1) is 15.1. The molecule has 0 N–H and O–H groups in total. The third-order valence-corrected chi connectivity index (χ3v) is 3.92. The lowest BCUT2D eigenvalue weighted by Gasteiger charge is -2.15. The van der Waals surface area contributed by atoms with E-state index in [1.807, 2.05) is 25.1 Å². The number of hydrogen-bond donors (Lipinski definition) is 0. The highest BCUT2D eigenvalue weighted by molar-refractivity contribution is 9.10. The van der Waals surface area contributed by atoms with Crippen LogP contribution in [-0.2, 0) is 9.53 Å². The quantitative estimate of drug-likeness (QED) is 0.619. The normalized spacial score (nSPS) is 12.2. The number of methoxy groups -OCH3 is 1. The molecule has 0 bridgehead atoms. The van der Waals surface area contributed by atoms with Crippen molar-refractivity contribution in [1.82, 2.24) is 4.98 Å². The number of thioether (sulfide) groups is 1. The SMILES string of the molecule is COC(=O)C(Oc1cc(C)c2ncc(Br)cc2c1)SC. The van der Waals surface area contributed by atoms with Gasteiger partial charge in [0.25, 0.3) is 0 Å². The summed E-state index contributed by atoms with van der Waals surface area (Å²) in [5.41, 5.74) is 1.24. The van der Waals surface area contributed by atoms with Crippen molar-refractivity contribution in [2.24, 2.45) is 0 Å². The van der Waals surface area contributed by atoms with E-state index in [1.165, 1.54) is 18.9 Å². The summed E-state index contributed by atoms with van der Waals surface area (Å²) in [4.78, 5) is 15.9. The zero-order valence-corrected chi connectivity index (χ0v) is 13.7. The van der Waals surface area contributed by atoms with Crippen LogP contribution in [0.1, 0.15) is 5.56 Å². The molecule has 6 heteroatoms. The molecular weight excluding hydrogens is 342 g/mol. The second-order valence-electron chi connectivity index (χ2n) is 4.17. The molecule has 2 rings (SSSR count). The van der Waals surface area contributed by atoms with Crippen molar-refractivity contribution in [1.29, 1.82) is 0 Å². The van der Waals surface area contributed by atoms with Crippen molar-refractivity contribution in [3.8, 4) is 5.75 Å². The van der Waals surface area contributed by atoms with E-state index in [2.05, 4.69) is 20.9 Å². The number of ether oxygens (including phenoxy) is 2. The molecule has 20 heavy (non-hydrogen) atoms. The molecule has 0 saturated heterocycles. The van der Waals surface area contributed by atoms with Crippen molar-refractivity contribution in [3.05, 3.63) is 34.4 Å². The molecule has 0 aliphatic carbocycles. The molecule has 0 aliphatic rings. The van der Waals surface area contributed by atoms with Gasteiger partial charge in [0.1, 0.15) is 5.75 Å². The summed E-state index contributed by atoms with van der Waals surface area (Å²) in [6.45, 7) is 1.96. The van der Waals surface area contributed by atoms with Crippen LogP contribution in [0.3, 0.4) is 0 Å². The maximum absolute atomic E-state index is 11.6. The van der Waals surface area contributed by atoms with Crippen LogP contribution in [0, 0.1) is 6.92 Å². The number of fused-ring (bicyclic) bond motifs is 1. The molecule has 0 amide bonds. The Morgan fingerprint density at radius 2 is 2.15 bits per heavy atom. The second kappa shape index (κ2) is 6.45. The van der Waals surface area contributed by atoms with Crippen LogP contribution in [0.25, 0.3) is 10.9 Å². The minimum absolute atomic E-state index is 0.400. The molecule has 106 valence electrons. The monoisotopic (exact) mass is 355 g/mol. The van der Waals surface area contributed by atoms with Gasteiger partial charge in [-0.2, -0.15) is 0 Å². The first-order valence-corrected chi connectivity index (χ1v) is 7.96. The van der Waals surface area contributed by atoms with Crippen molar-refractivity contribution < 1.29 is 14.3 Å². The van der Waals surface area contributed by atoms with Crippen LogP contribution in [0.5, 0.6) is 5.75 Å². The van der Waals surface area contributed by atoms with Gasteiger partial charge >= 0.3 is 5.97 Å². The number of pyridine rings is 1. The van der Waals surface area contributed by atoms with Gasteiger partial charge in [0.2, 0.25) is 5.44 Å². The van der Waals surface area contributed by atoms with E-state index in [4.69, 9.17) is 9.47 Å². The van der Waals surface area contributed by atoms with Gasteiger partial charge in [0.05, 0.1) is 12.6 Å². The molecule has 0 spiro atoms. The Morgan fingerprint density at radius 3 is 2.80 bits per heavy atom. The summed E-state index contributed by atoms with van der Waals surface area (Å²) in [6, 6.07) is 5.70.